The molecule has 0 aliphatic carbocycles. The molecule has 14 heteroatoms. The minimum absolute atomic E-state index is 0.0621. The van der Waals surface area contributed by atoms with Crippen molar-refractivity contribution >= 4 is 74.9 Å². The summed E-state index contributed by atoms with van der Waals surface area (Å²) in [6, 6.07) is 36.1. The van der Waals surface area contributed by atoms with Crippen LogP contribution in [0, 0.1) is 0 Å². The minimum Gasteiger partial charge on any atom is -0.467 e. The molecule has 4 aromatic heterocycles. The molecular formula is C52H48N6O8. The zero-order valence-electron chi connectivity index (χ0n) is 36.5. The number of hydrogen-bond acceptors (Lipinski definition) is 8. The van der Waals surface area contributed by atoms with Gasteiger partial charge in [-0.2, -0.15) is 0 Å². The van der Waals surface area contributed by atoms with Crippen molar-refractivity contribution in [3.05, 3.63) is 192 Å². The van der Waals surface area contributed by atoms with Gasteiger partial charge in [0, 0.05) is 74.4 Å². The number of amides is 4. The van der Waals surface area contributed by atoms with Crippen molar-refractivity contribution < 1.29 is 37.5 Å². The van der Waals surface area contributed by atoms with Gasteiger partial charge in [-0.1, -0.05) is 48.5 Å². The molecule has 0 fully saturated rings. The summed E-state index contributed by atoms with van der Waals surface area (Å²) in [5, 5.41) is 13.1. The minimum atomic E-state index is -0.571. The Bertz CT molecular complexity index is 3020. The standard InChI is InChI=1S/C29H29N3O5.C23H19N3O3/c1-29(2,3)37-27(34)19-32-18-21(24-11-4-5-12-25(24)32)13-14-26(33)31-22-9-6-8-20(16-22)28(35)30-17-23-10-7-15-36-23;27-22(11-10-17-14-24-21-9-2-1-8-20(17)21)26-18-6-3-5-16(13-18)23(28)25-15-19-7-4-12-29-19/h4-16,18H,17,19H2,1-3H3,(H,30,35)(H,31,33);1-14,24H,15H2,(H,25,28)(H,26,27). The molecule has 66 heavy (non-hydrogen) atoms. The molecule has 0 radical (unpaired) electrons. The van der Waals surface area contributed by atoms with Gasteiger partial charge in [0.2, 0.25) is 11.8 Å². The summed E-state index contributed by atoms with van der Waals surface area (Å²) in [5.41, 5.74) is 4.94. The molecule has 8 aromatic rings. The van der Waals surface area contributed by atoms with Gasteiger partial charge < -0.3 is 44.4 Å². The zero-order valence-corrected chi connectivity index (χ0v) is 36.5. The highest BCUT2D eigenvalue weighted by molar-refractivity contribution is 6.05. The topological polar surface area (TPSA) is 190 Å². The molecule has 0 spiro atoms. The number of benzene rings is 4. The maximum absolute atomic E-state index is 12.6. The van der Waals surface area contributed by atoms with Gasteiger partial charge in [-0.15, -0.1) is 0 Å². The Balaban J connectivity index is 0.000000202. The summed E-state index contributed by atoms with van der Waals surface area (Å²) in [7, 11) is 0. The van der Waals surface area contributed by atoms with E-state index in [0.717, 1.165) is 32.9 Å². The first-order chi connectivity index (χ1) is 31.9. The van der Waals surface area contributed by atoms with E-state index in [1.165, 1.54) is 12.2 Å². The first-order valence-corrected chi connectivity index (χ1v) is 21.0. The number of nitrogens with zero attached hydrogens (tertiary/aromatic N) is 1. The van der Waals surface area contributed by atoms with Crippen LogP contribution < -0.4 is 21.3 Å². The molecular weight excluding hydrogens is 837 g/mol. The summed E-state index contributed by atoms with van der Waals surface area (Å²) >= 11 is 0. The monoisotopic (exact) mass is 884 g/mol. The molecule has 4 amide bonds. The summed E-state index contributed by atoms with van der Waals surface area (Å²) in [4.78, 5) is 65.2. The molecule has 0 saturated heterocycles. The third-order valence-electron chi connectivity index (χ3n) is 9.78. The first kappa shape index (κ1) is 45.4. The van der Waals surface area contributed by atoms with Crippen molar-refractivity contribution in [2.75, 3.05) is 10.6 Å². The SMILES string of the molecule is CC(C)(C)OC(=O)Cn1cc(C=CC(=O)Nc2cccc(C(=O)NCc3ccco3)c2)c2ccccc21.O=C(C=Cc1c[nH]c2ccccc12)Nc1cccc(C(=O)NCc2ccco2)c1. The number of fused-ring (bicyclic) bond motifs is 2. The Morgan fingerprint density at radius 1 is 0.636 bits per heavy atom. The molecule has 0 bridgehead atoms. The van der Waals surface area contributed by atoms with Crippen molar-refractivity contribution in [2.24, 2.45) is 0 Å². The molecule has 334 valence electrons. The van der Waals surface area contributed by atoms with Crippen LogP contribution in [-0.4, -0.2) is 44.8 Å². The second kappa shape index (κ2) is 21.1. The molecule has 0 atom stereocenters. The van der Waals surface area contributed by atoms with Crippen LogP contribution in [0.15, 0.2) is 167 Å². The van der Waals surface area contributed by atoms with Crippen LogP contribution in [0.4, 0.5) is 11.4 Å². The van der Waals surface area contributed by atoms with Gasteiger partial charge in [0.25, 0.3) is 11.8 Å². The number of H-pyrrole nitrogens is 1. The Kier molecular flexibility index (Phi) is 14.5. The lowest BCUT2D eigenvalue weighted by Gasteiger charge is -2.19. The molecule has 0 saturated carbocycles. The Morgan fingerprint density at radius 2 is 1.18 bits per heavy atom. The number of ether oxygens (including phenoxy) is 1. The van der Waals surface area contributed by atoms with Crippen LogP contribution in [0.2, 0.25) is 0 Å². The molecule has 0 aliphatic heterocycles. The van der Waals surface area contributed by atoms with E-state index >= 15 is 0 Å². The van der Waals surface area contributed by atoms with E-state index in [1.54, 1.807) is 97.5 Å². The van der Waals surface area contributed by atoms with E-state index in [9.17, 15) is 24.0 Å². The third kappa shape index (κ3) is 12.7. The highest BCUT2D eigenvalue weighted by Crippen LogP contribution is 2.24. The number of nitrogens with one attached hydrogen (secondary N) is 5. The number of carbonyl (C=O) groups excluding carboxylic acids is 5. The number of furan rings is 2. The smallest absolute Gasteiger partial charge is 0.326 e. The van der Waals surface area contributed by atoms with E-state index in [0.29, 0.717) is 40.6 Å². The fraction of sp³-hybridized carbons (Fsp3) is 0.135. The highest BCUT2D eigenvalue weighted by Gasteiger charge is 2.18. The van der Waals surface area contributed by atoms with E-state index in [2.05, 4.69) is 26.3 Å². The predicted octanol–water partition coefficient (Wildman–Crippen LogP) is 9.50. The summed E-state index contributed by atoms with van der Waals surface area (Å²) < 4.78 is 17.7. The van der Waals surface area contributed by atoms with Crippen molar-refractivity contribution in [3.63, 3.8) is 0 Å². The predicted molar refractivity (Wildman–Crippen MR) is 254 cm³/mol. The molecule has 4 heterocycles. The number of aromatic nitrogens is 2. The van der Waals surface area contributed by atoms with Crippen LogP contribution in [0.25, 0.3) is 34.0 Å². The van der Waals surface area contributed by atoms with E-state index < -0.39 is 5.60 Å². The van der Waals surface area contributed by atoms with Gasteiger partial charge in [0.15, 0.2) is 0 Å². The van der Waals surface area contributed by atoms with Gasteiger partial charge in [0.05, 0.1) is 25.6 Å². The fourth-order valence-electron chi connectivity index (χ4n) is 6.82. The maximum Gasteiger partial charge on any atom is 0.326 e. The Labute approximate surface area is 380 Å². The zero-order chi connectivity index (χ0) is 46.5. The lowest BCUT2D eigenvalue weighted by atomic mass is 10.1. The van der Waals surface area contributed by atoms with Crippen molar-refractivity contribution in [2.45, 2.75) is 46.0 Å². The number of hydrogen-bond donors (Lipinski definition) is 5. The molecule has 5 N–H and O–H groups in total. The molecule has 0 aliphatic rings. The number of para-hydroxylation sites is 2. The first-order valence-electron chi connectivity index (χ1n) is 21.0. The van der Waals surface area contributed by atoms with Crippen molar-refractivity contribution in [1.82, 2.24) is 20.2 Å². The average molecular weight is 885 g/mol. The fourth-order valence-corrected chi connectivity index (χ4v) is 6.82. The summed E-state index contributed by atoms with van der Waals surface area (Å²) in [6.45, 7) is 6.12. The lowest BCUT2D eigenvalue weighted by molar-refractivity contribution is -0.155. The second-order valence-corrected chi connectivity index (χ2v) is 15.9. The quantitative estimate of drug-likeness (QED) is 0.0527. The van der Waals surface area contributed by atoms with Gasteiger partial charge in [-0.25, -0.2) is 0 Å². The second-order valence-electron chi connectivity index (χ2n) is 15.9. The van der Waals surface area contributed by atoms with Crippen molar-refractivity contribution in [3.8, 4) is 0 Å². The maximum atomic E-state index is 12.6. The van der Waals surface area contributed by atoms with Crippen LogP contribution in [-0.2, 0) is 38.8 Å². The molecule has 0 unspecified atom stereocenters. The van der Waals surface area contributed by atoms with E-state index in [4.69, 9.17) is 13.6 Å². The number of esters is 1. The lowest BCUT2D eigenvalue weighted by Crippen LogP contribution is -2.26. The Hall–Kier alpha value is -8.65. The number of anilines is 2. The average Bonchev–Trinajstić information content (AvgIpc) is 4.15. The van der Waals surface area contributed by atoms with Crippen LogP contribution in [0.5, 0.6) is 0 Å². The van der Waals surface area contributed by atoms with Gasteiger partial charge in [-0.05, 0) is 111 Å². The number of rotatable bonds is 14. The number of aromatic amines is 1. The van der Waals surface area contributed by atoms with Gasteiger partial charge in [-0.3, -0.25) is 24.0 Å². The largest absolute Gasteiger partial charge is 0.467 e. The normalized spacial score (nSPS) is 11.3. The summed E-state index contributed by atoms with van der Waals surface area (Å²) in [6.07, 6.45) is 13.1. The van der Waals surface area contributed by atoms with Gasteiger partial charge >= 0.3 is 5.97 Å². The molecule has 14 nitrogen and oxygen atoms in total. The highest BCUT2D eigenvalue weighted by atomic mass is 16.6. The molecule has 8 rings (SSSR count). The third-order valence-corrected chi connectivity index (χ3v) is 9.78. The van der Waals surface area contributed by atoms with Crippen LogP contribution in [0.3, 0.4) is 0 Å². The molecule has 4 aromatic carbocycles. The van der Waals surface area contributed by atoms with Crippen LogP contribution in [0.1, 0.15) is 64.1 Å². The van der Waals surface area contributed by atoms with E-state index in [1.807, 2.05) is 86.3 Å². The van der Waals surface area contributed by atoms with Crippen molar-refractivity contribution in [1.29, 1.82) is 0 Å². The number of carbonyl (C=O) groups is 5. The summed E-state index contributed by atoms with van der Waals surface area (Å²) in [5.74, 6) is -0.163. The van der Waals surface area contributed by atoms with Gasteiger partial charge in [0.1, 0.15) is 23.7 Å². The van der Waals surface area contributed by atoms with Crippen LogP contribution >= 0.6 is 0 Å². The van der Waals surface area contributed by atoms with E-state index in [-0.39, 0.29) is 42.7 Å². The Morgan fingerprint density at radius 3 is 1.74 bits per heavy atom.